The van der Waals surface area contributed by atoms with Gasteiger partial charge in [-0.2, -0.15) is 0 Å². The van der Waals surface area contributed by atoms with Gasteiger partial charge in [-0.05, 0) is 66.3 Å². The highest BCUT2D eigenvalue weighted by Gasteiger charge is 2.43. The van der Waals surface area contributed by atoms with Crippen LogP contribution in [0.25, 0.3) is 0 Å². The molecule has 0 saturated carbocycles. The molecular weight excluding hydrogens is 380 g/mol. The predicted molar refractivity (Wildman–Crippen MR) is 101 cm³/mol. The maximum Gasteiger partial charge on any atom is 0.308 e. The standard InChI is InChI=1S/C22H23F2NO4/c23-17-2-1-14-13-29-22(19(14)11-17)5-7-25(8-6-22)12-16(21(27)28)9-15-10-18(26)3-4-20(15)24/h1-4,10-11,16,26H,5-9,12-13H2,(H,27,28). The summed E-state index contributed by atoms with van der Waals surface area (Å²) in [4.78, 5) is 13.8. The van der Waals surface area contributed by atoms with Crippen molar-refractivity contribution < 1.29 is 28.5 Å². The van der Waals surface area contributed by atoms with Gasteiger partial charge in [-0.3, -0.25) is 4.79 Å². The molecule has 2 heterocycles. The Balaban J connectivity index is 1.43. The van der Waals surface area contributed by atoms with Crippen molar-refractivity contribution >= 4 is 5.97 Å². The number of hydrogen-bond acceptors (Lipinski definition) is 4. The lowest BCUT2D eigenvalue weighted by molar-refractivity contribution is -0.143. The number of nitrogens with zero attached hydrogens (tertiary/aromatic N) is 1. The number of fused-ring (bicyclic) bond motifs is 2. The number of rotatable bonds is 5. The van der Waals surface area contributed by atoms with Crippen LogP contribution < -0.4 is 0 Å². The number of ether oxygens (including phenoxy) is 1. The van der Waals surface area contributed by atoms with Crippen LogP contribution in [0.4, 0.5) is 8.78 Å². The van der Waals surface area contributed by atoms with Crippen LogP contribution in [-0.2, 0) is 28.2 Å². The zero-order chi connectivity index (χ0) is 20.6. The van der Waals surface area contributed by atoms with Gasteiger partial charge < -0.3 is 19.8 Å². The Kier molecular flexibility index (Phi) is 5.27. The lowest BCUT2D eigenvalue weighted by Crippen LogP contribution is -2.45. The third-order valence-electron chi connectivity index (χ3n) is 6.05. The van der Waals surface area contributed by atoms with Gasteiger partial charge >= 0.3 is 5.97 Å². The van der Waals surface area contributed by atoms with Crippen LogP contribution in [-0.4, -0.2) is 40.7 Å². The first-order chi connectivity index (χ1) is 13.9. The normalized spacial score (nSPS) is 19.2. The molecule has 2 aromatic rings. The summed E-state index contributed by atoms with van der Waals surface area (Å²) in [5, 5.41) is 19.2. The van der Waals surface area contributed by atoms with E-state index in [1.54, 1.807) is 12.1 Å². The largest absolute Gasteiger partial charge is 0.508 e. The second kappa shape index (κ2) is 7.72. The minimum Gasteiger partial charge on any atom is -0.508 e. The molecule has 5 nitrogen and oxygen atoms in total. The van der Waals surface area contributed by atoms with Crippen molar-refractivity contribution in [2.75, 3.05) is 19.6 Å². The summed E-state index contributed by atoms with van der Waals surface area (Å²) >= 11 is 0. The van der Waals surface area contributed by atoms with Crippen LogP contribution in [0.3, 0.4) is 0 Å². The Labute approximate surface area is 167 Å². The highest BCUT2D eigenvalue weighted by atomic mass is 19.1. The lowest BCUT2D eigenvalue weighted by atomic mass is 9.83. The first kappa shape index (κ1) is 19.8. The van der Waals surface area contributed by atoms with E-state index in [4.69, 9.17) is 4.74 Å². The second-order valence-corrected chi connectivity index (χ2v) is 7.90. The molecule has 2 aliphatic rings. The van der Waals surface area contributed by atoms with Crippen molar-refractivity contribution in [1.29, 1.82) is 0 Å². The number of aliphatic carboxylic acids is 1. The van der Waals surface area contributed by atoms with E-state index < -0.39 is 23.3 Å². The van der Waals surface area contributed by atoms with Gasteiger partial charge in [-0.25, -0.2) is 8.78 Å². The quantitative estimate of drug-likeness (QED) is 0.801. The molecule has 29 heavy (non-hydrogen) atoms. The molecule has 0 bridgehead atoms. The molecule has 1 atom stereocenters. The summed E-state index contributed by atoms with van der Waals surface area (Å²) in [7, 11) is 0. The fourth-order valence-electron chi connectivity index (χ4n) is 4.43. The molecule has 2 N–H and O–H groups in total. The van der Waals surface area contributed by atoms with Crippen LogP contribution in [0.15, 0.2) is 36.4 Å². The second-order valence-electron chi connectivity index (χ2n) is 7.90. The molecule has 0 amide bonds. The Morgan fingerprint density at radius 2 is 1.93 bits per heavy atom. The molecule has 154 valence electrons. The molecular formula is C22H23F2NO4. The van der Waals surface area contributed by atoms with Crippen molar-refractivity contribution in [3.8, 4) is 5.75 Å². The first-order valence-corrected chi connectivity index (χ1v) is 9.72. The number of phenolic OH excluding ortho intramolecular Hbond substituents is 1. The minimum absolute atomic E-state index is 0.00174. The van der Waals surface area contributed by atoms with E-state index in [0.29, 0.717) is 32.5 Å². The van der Waals surface area contributed by atoms with E-state index in [1.165, 1.54) is 18.2 Å². The van der Waals surface area contributed by atoms with Crippen LogP contribution >= 0.6 is 0 Å². The molecule has 1 unspecified atom stereocenters. The highest BCUT2D eigenvalue weighted by molar-refractivity contribution is 5.70. The van der Waals surface area contributed by atoms with E-state index in [-0.39, 0.29) is 30.1 Å². The molecule has 1 spiro atoms. The van der Waals surface area contributed by atoms with Gasteiger partial charge in [0.05, 0.1) is 18.1 Å². The van der Waals surface area contributed by atoms with Gasteiger partial charge in [-0.1, -0.05) is 6.07 Å². The Hall–Kier alpha value is -2.51. The number of benzene rings is 2. The molecule has 0 aromatic heterocycles. The number of piperidine rings is 1. The molecule has 1 saturated heterocycles. The maximum atomic E-state index is 14.0. The van der Waals surface area contributed by atoms with Gasteiger partial charge in [-0.15, -0.1) is 0 Å². The van der Waals surface area contributed by atoms with E-state index in [0.717, 1.165) is 17.2 Å². The lowest BCUT2D eigenvalue weighted by Gasteiger charge is -2.40. The highest BCUT2D eigenvalue weighted by Crippen LogP contribution is 2.44. The zero-order valence-electron chi connectivity index (χ0n) is 15.9. The summed E-state index contributed by atoms with van der Waals surface area (Å²) in [5.41, 5.74) is 1.58. The summed E-state index contributed by atoms with van der Waals surface area (Å²) in [6.07, 6.45) is 1.30. The monoisotopic (exact) mass is 403 g/mol. The Bertz CT molecular complexity index is 925. The van der Waals surface area contributed by atoms with E-state index in [1.807, 2.05) is 4.90 Å². The fraction of sp³-hybridized carbons (Fsp3) is 0.409. The molecule has 4 rings (SSSR count). The number of halogens is 2. The summed E-state index contributed by atoms with van der Waals surface area (Å²) in [5.74, 6) is -2.69. The zero-order valence-corrected chi connectivity index (χ0v) is 15.9. The van der Waals surface area contributed by atoms with Crippen molar-refractivity contribution in [1.82, 2.24) is 4.90 Å². The molecule has 1 fully saturated rings. The van der Waals surface area contributed by atoms with E-state index >= 15 is 0 Å². The summed E-state index contributed by atoms with van der Waals surface area (Å²) in [6.45, 7) is 1.96. The van der Waals surface area contributed by atoms with Gasteiger partial charge in [0.2, 0.25) is 0 Å². The van der Waals surface area contributed by atoms with Crippen LogP contribution in [0.1, 0.15) is 29.5 Å². The number of carboxylic acids is 1. The Morgan fingerprint density at radius 3 is 2.66 bits per heavy atom. The van der Waals surface area contributed by atoms with Crippen LogP contribution in [0.5, 0.6) is 5.75 Å². The maximum absolute atomic E-state index is 14.0. The predicted octanol–water partition coefficient (Wildman–Crippen LogP) is 3.44. The molecule has 0 aliphatic carbocycles. The van der Waals surface area contributed by atoms with Crippen molar-refractivity contribution in [3.05, 3.63) is 64.7 Å². The number of phenols is 1. The molecule has 7 heteroatoms. The molecule has 2 aromatic carbocycles. The number of hydrogen-bond donors (Lipinski definition) is 2. The smallest absolute Gasteiger partial charge is 0.308 e. The fourth-order valence-corrected chi connectivity index (χ4v) is 4.43. The topological polar surface area (TPSA) is 70.0 Å². The minimum atomic E-state index is -1.00. The SMILES string of the molecule is O=C(O)C(Cc1cc(O)ccc1F)CN1CCC2(CC1)OCc1ccc(F)cc12. The van der Waals surface area contributed by atoms with Crippen LogP contribution in [0, 0.1) is 17.6 Å². The number of aromatic hydroxyl groups is 1. The number of carbonyl (C=O) groups is 1. The van der Waals surface area contributed by atoms with Gasteiger partial charge in [0.25, 0.3) is 0 Å². The van der Waals surface area contributed by atoms with Gasteiger partial charge in [0, 0.05) is 19.6 Å². The van der Waals surface area contributed by atoms with Gasteiger partial charge in [0.1, 0.15) is 17.4 Å². The van der Waals surface area contributed by atoms with Crippen molar-refractivity contribution in [3.63, 3.8) is 0 Å². The third-order valence-corrected chi connectivity index (χ3v) is 6.05. The first-order valence-electron chi connectivity index (χ1n) is 9.72. The van der Waals surface area contributed by atoms with E-state index in [9.17, 15) is 23.8 Å². The van der Waals surface area contributed by atoms with Crippen molar-refractivity contribution in [2.45, 2.75) is 31.5 Å². The number of likely N-dealkylation sites (tertiary alicyclic amines) is 1. The van der Waals surface area contributed by atoms with Crippen molar-refractivity contribution in [2.24, 2.45) is 5.92 Å². The summed E-state index contributed by atoms with van der Waals surface area (Å²) in [6, 6.07) is 8.39. The average molecular weight is 403 g/mol. The average Bonchev–Trinajstić information content (AvgIpc) is 3.03. The number of carboxylic acid groups (broad SMARTS) is 1. The third kappa shape index (κ3) is 3.97. The van der Waals surface area contributed by atoms with E-state index in [2.05, 4.69) is 0 Å². The van der Waals surface area contributed by atoms with Crippen LogP contribution in [0.2, 0.25) is 0 Å². The van der Waals surface area contributed by atoms with Gasteiger partial charge in [0.15, 0.2) is 0 Å². The Morgan fingerprint density at radius 1 is 1.17 bits per heavy atom. The summed E-state index contributed by atoms with van der Waals surface area (Å²) < 4.78 is 33.8. The molecule has 2 aliphatic heterocycles. The molecule has 0 radical (unpaired) electrons.